The largest absolute Gasteiger partial charge is 0.504 e. The van der Waals surface area contributed by atoms with Crippen molar-refractivity contribution in [2.75, 3.05) is 7.11 Å². The lowest BCUT2D eigenvalue weighted by atomic mass is 10.1. The number of thioether (sulfide) groups is 1. The van der Waals surface area contributed by atoms with Crippen LogP contribution in [0.1, 0.15) is 22.5 Å². The Hall–Kier alpha value is -3.24. The van der Waals surface area contributed by atoms with Crippen molar-refractivity contribution in [1.29, 1.82) is 0 Å². The molecule has 35 heavy (non-hydrogen) atoms. The number of aromatic hydroxyl groups is 1. The second-order valence-electron chi connectivity index (χ2n) is 7.49. The summed E-state index contributed by atoms with van der Waals surface area (Å²) in [5.41, 5.74) is 1.09. The van der Waals surface area contributed by atoms with Crippen molar-refractivity contribution < 1.29 is 27.4 Å². The number of benzene rings is 3. The van der Waals surface area contributed by atoms with E-state index in [1.807, 2.05) is 0 Å². The van der Waals surface area contributed by atoms with E-state index in [1.54, 1.807) is 22.8 Å². The molecule has 1 aromatic heterocycles. The minimum atomic E-state index is -4.46. The van der Waals surface area contributed by atoms with E-state index >= 15 is 0 Å². The van der Waals surface area contributed by atoms with Crippen LogP contribution in [0.5, 0.6) is 11.5 Å². The molecule has 0 aliphatic carbocycles. The Morgan fingerprint density at radius 2 is 1.77 bits per heavy atom. The number of phenolic OH excluding ortho intramolecular Hbond substituents is 1. The molecule has 0 spiro atoms. The zero-order valence-corrected chi connectivity index (χ0v) is 19.8. The molecule has 1 heterocycles. The van der Waals surface area contributed by atoms with Crippen LogP contribution < -0.4 is 4.74 Å². The average Bonchev–Trinajstić information content (AvgIpc) is 3.21. The van der Waals surface area contributed by atoms with Gasteiger partial charge in [0, 0.05) is 22.9 Å². The third-order valence-electron chi connectivity index (χ3n) is 5.13. The first-order valence-corrected chi connectivity index (χ1v) is 11.6. The summed E-state index contributed by atoms with van der Waals surface area (Å²) in [4.78, 5) is 0. The fourth-order valence-electron chi connectivity index (χ4n) is 3.36. The van der Waals surface area contributed by atoms with Crippen molar-refractivity contribution in [3.05, 3.63) is 94.0 Å². The van der Waals surface area contributed by atoms with E-state index in [9.17, 15) is 22.7 Å². The SMILES string of the molecule is COc1cc(Cc2nnc(SCc3ccc(F)cc3Cl)n2-c2ccc(C(F)(F)F)cc2)ccc1O. The molecule has 0 unspecified atom stereocenters. The Morgan fingerprint density at radius 1 is 1.03 bits per heavy atom. The number of nitrogens with zero attached hydrogens (tertiary/aromatic N) is 3. The van der Waals surface area contributed by atoms with E-state index in [4.69, 9.17) is 16.3 Å². The molecular formula is C24H18ClF4N3O2S. The zero-order valence-electron chi connectivity index (χ0n) is 18.2. The van der Waals surface area contributed by atoms with Crippen LogP contribution in [-0.2, 0) is 18.3 Å². The predicted octanol–water partition coefficient (Wildman–Crippen LogP) is 6.68. The third kappa shape index (κ3) is 5.71. The summed E-state index contributed by atoms with van der Waals surface area (Å²) >= 11 is 7.39. The smallest absolute Gasteiger partial charge is 0.416 e. The molecule has 4 aromatic rings. The molecule has 0 amide bonds. The number of hydrogen-bond donors (Lipinski definition) is 1. The van der Waals surface area contributed by atoms with Gasteiger partial charge >= 0.3 is 6.18 Å². The highest BCUT2D eigenvalue weighted by Gasteiger charge is 2.30. The van der Waals surface area contributed by atoms with E-state index in [2.05, 4.69) is 10.2 Å². The molecule has 0 saturated heterocycles. The van der Waals surface area contributed by atoms with Gasteiger partial charge in [-0.2, -0.15) is 13.2 Å². The standard InChI is InChI=1S/C24H18ClF4N3O2S/c1-34-21-10-14(2-9-20(21)33)11-22-30-31-23(35-13-15-3-6-17(26)12-19(15)25)32(22)18-7-4-16(5-8-18)24(27,28)29/h2-10,12,33H,11,13H2,1H3. The second kappa shape index (κ2) is 10.2. The summed E-state index contributed by atoms with van der Waals surface area (Å²) in [6, 6.07) is 13.6. The van der Waals surface area contributed by atoms with E-state index in [-0.39, 0.29) is 22.9 Å². The molecule has 0 saturated carbocycles. The van der Waals surface area contributed by atoms with Crippen molar-refractivity contribution in [2.24, 2.45) is 0 Å². The minimum absolute atomic E-state index is 0.0205. The number of phenols is 1. The van der Waals surface area contributed by atoms with Gasteiger partial charge in [-0.25, -0.2) is 4.39 Å². The quantitative estimate of drug-likeness (QED) is 0.216. The Balaban J connectivity index is 1.70. The summed E-state index contributed by atoms with van der Waals surface area (Å²) in [6.07, 6.45) is -4.20. The van der Waals surface area contributed by atoms with Gasteiger partial charge in [0.25, 0.3) is 0 Å². The number of aromatic nitrogens is 3. The normalized spacial score (nSPS) is 11.6. The molecule has 11 heteroatoms. The first-order valence-electron chi connectivity index (χ1n) is 10.2. The third-order valence-corrected chi connectivity index (χ3v) is 6.46. The zero-order chi connectivity index (χ0) is 25.2. The van der Waals surface area contributed by atoms with Gasteiger partial charge in [0.05, 0.1) is 12.7 Å². The summed E-state index contributed by atoms with van der Waals surface area (Å²) < 4.78 is 59.4. The van der Waals surface area contributed by atoms with Crippen molar-refractivity contribution in [3.63, 3.8) is 0 Å². The van der Waals surface area contributed by atoms with Gasteiger partial charge in [-0.3, -0.25) is 4.57 Å². The van der Waals surface area contributed by atoms with Gasteiger partial charge in [-0.15, -0.1) is 10.2 Å². The number of methoxy groups -OCH3 is 1. The molecule has 0 aliphatic heterocycles. The second-order valence-corrected chi connectivity index (χ2v) is 8.84. The maximum Gasteiger partial charge on any atom is 0.416 e. The number of hydrogen-bond acceptors (Lipinski definition) is 5. The first-order chi connectivity index (χ1) is 16.7. The fraction of sp³-hybridized carbons (Fsp3) is 0.167. The van der Waals surface area contributed by atoms with E-state index in [0.717, 1.165) is 17.7 Å². The van der Waals surface area contributed by atoms with Crippen LogP contribution in [-0.4, -0.2) is 27.0 Å². The number of rotatable bonds is 7. The van der Waals surface area contributed by atoms with E-state index < -0.39 is 17.6 Å². The van der Waals surface area contributed by atoms with Crippen LogP contribution in [0.4, 0.5) is 17.6 Å². The van der Waals surface area contributed by atoms with E-state index in [1.165, 1.54) is 49.2 Å². The first kappa shape index (κ1) is 24.9. The Morgan fingerprint density at radius 3 is 2.43 bits per heavy atom. The van der Waals surface area contributed by atoms with Crippen LogP contribution in [0.25, 0.3) is 5.69 Å². The minimum Gasteiger partial charge on any atom is -0.504 e. The molecular weight excluding hydrogens is 506 g/mol. The lowest BCUT2D eigenvalue weighted by molar-refractivity contribution is -0.137. The maximum absolute atomic E-state index is 13.4. The molecule has 182 valence electrons. The molecule has 0 aliphatic rings. The van der Waals surface area contributed by atoms with Gasteiger partial charge in [0.1, 0.15) is 11.6 Å². The van der Waals surface area contributed by atoms with Gasteiger partial charge in [0.2, 0.25) is 0 Å². The molecule has 0 atom stereocenters. The fourth-order valence-corrected chi connectivity index (χ4v) is 4.65. The molecule has 0 bridgehead atoms. The van der Waals surface area contributed by atoms with Gasteiger partial charge in [0.15, 0.2) is 16.7 Å². The molecule has 3 aromatic carbocycles. The highest BCUT2D eigenvalue weighted by Crippen LogP contribution is 2.33. The number of ether oxygens (including phenoxy) is 1. The molecule has 0 fully saturated rings. The van der Waals surface area contributed by atoms with Crippen LogP contribution in [0, 0.1) is 5.82 Å². The molecule has 1 N–H and O–H groups in total. The average molecular weight is 524 g/mol. The van der Waals surface area contributed by atoms with Gasteiger partial charge in [-0.05, 0) is 59.7 Å². The summed E-state index contributed by atoms with van der Waals surface area (Å²) in [5, 5.41) is 19.0. The van der Waals surface area contributed by atoms with Crippen LogP contribution in [0.15, 0.2) is 65.8 Å². The lowest BCUT2D eigenvalue weighted by Gasteiger charge is -2.13. The van der Waals surface area contributed by atoms with Crippen molar-refractivity contribution >= 4 is 23.4 Å². The Labute approximate surface area is 207 Å². The molecule has 0 radical (unpaired) electrons. The molecule has 4 rings (SSSR count). The van der Waals surface area contributed by atoms with E-state index in [0.29, 0.717) is 28.0 Å². The number of alkyl halides is 3. The van der Waals surface area contributed by atoms with Crippen molar-refractivity contribution in [1.82, 2.24) is 14.8 Å². The van der Waals surface area contributed by atoms with Gasteiger partial charge < -0.3 is 9.84 Å². The van der Waals surface area contributed by atoms with Crippen LogP contribution in [0.2, 0.25) is 5.02 Å². The summed E-state index contributed by atoms with van der Waals surface area (Å²) in [5.74, 6) is 0.607. The predicted molar refractivity (Wildman–Crippen MR) is 125 cm³/mol. The molecule has 5 nitrogen and oxygen atoms in total. The van der Waals surface area contributed by atoms with Crippen LogP contribution in [0.3, 0.4) is 0 Å². The van der Waals surface area contributed by atoms with Crippen molar-refractivity contribution in [2.45, 2.75) is 23.5 Å². The summed E-state index contributed by atoms with van der Waals surface area (Å²) in [7, 11) is 1.43. The van der Waals surface area contributed by atoms with Gasteiger partial charge in [-0.1, -0.05) is 35.5 Å². The Kier molecular flexibility index (Phi) is 7.23. The summed E-state index contributed by atoms with van der Waals surface area (Å²) in [6.45, 7) is 0. The number of halogens is 5. The monoisotopic (exact) mass is 523 g/mol. The maximum atomic E-state index is 13.4. The topological polar surface area (TPSA) is 60.2 Å². The van der Waals surface area contributed by atoms with Crippen LogP contribution >= 0.6 is 23.4 Å². The Bertz CT molecular complexity index is 1340. The lowest BCUT2D eigenvalue weighted by Crippen LogP contribution is -2.07. The highest BCUT2D eigenvalue weighted by atomic mass is 35.5. The van der Waals surface area contributed by atoms with Crippen molar-refractivity contribution in [3.8, 4) is 17.2 Å². The highest BCUT2D eigenvalue weighted by molar-refractivity contribution is 7.98.